The smallest absolute Gasteiger partial charge is 0.251 e. The fourth-order valence-corrected chi connectivity index (χ4v) is 1.68. The number of anilines is 1. The maximum Gasteiger partial charge on any atom is 0.251 e. The van der Waals surface area contributed by atoms with Crippen LogP contribution < -0.4 is 11.1 Å². The van der Waals surface area contributed by atoms with Crippen LogP contribution in [0.25, 0.3) is 0 Å². The molecule has 6 nitrogen and oxygen atoms in total. The number of halogens is 1. The monoisotopic (exact) mass is 266 g/mol. The van der Waals surface area contributed by atoms with Gasteiger partial charge in [0.1, 0.15) is 0 Å². The van der Waals surface area contributed by atoms with Crippen LogP contribution in [0.3, 0.4) is 0 Å². The van der Waals surface area contributed by atoms with Crippen LogP contribution >= 0.6 is 11.6 Å². The molecule has 1 amide bonds. The van der Waals surface area contributed by atoms with Crippen molar-refractivity contribution >= 4 is 23.2 Å². The molecule has 0 atom stereocenters. The molecule has 0 fully saturated rings. The number of hydrogen-bond acceptors (Lipinski definition) is 5. The second-order valence-corrected chi connectivity index (χ2v) is 4.06. The number of rotatable bonds is 4. The summed E-state index contributed by atoms with van der Waals surface area (Å²) in [5.74, 6) is 0.300. The summed E-state index contributed by atoms with van der Waals surface area (Å²) in [7, 11) is 0. The normalized spacial score (nSPS) is 10.3. The van der Waals surface area contributed by atoms with Gasteiger partial charge in [-0.1, -0.05) is 16.8 Å². The van der Waals surface area contributed by atoms with Gasteiger partial charge in [-0.3, -0.25) is 4.79 Å². The van der Waals surface area contributed by atoms with Gasteiger partial charge in [-0.15, -0.1) is 0 Å². The van der Waals surface area contributed by atoms with Gasteiger partial charge < -0.3 is 15.6 Å². The van der Waals surface area contributed by atoms with Crippen molar-refractivity contribution in [2.24, 2.45) is 0 Å². The zero-order valence-corrected chi connectivity index (χ0v) is 10.1. The predicted octanol–water partition coefficient (Wildman–Crippen LogP) is 1.28. The maximum absolute atomic E-state index is 11.8. The number of amides is 1. The minimum atomic E-state index is -0.243. The van der Waals surface area contributed by atoms with Crippen LogP contribution in [0.1, 0.15) is 16.2 Å². The van der Waals surface area contributed by atoms with E-state index in [1.54, 1.807) is 18.2 Å². The average molecular weight is 267 g/mol. The van der Waals surface area contributed by atoms with E-state index in [4.69, 9.17) is 17.3 Å². The summed E-state index contributed by atoms with van der Waals surface area (Å²) in [6.45, 7) is 0.408. The Bertz CT molecular complexity index is 522. The number of benzene rings is 1. The first-order valence-corrected chi connectivity index (χ1v) is 5.62. The highest BCUT2D eigenvalue weighted by Gasteiger charge is 2.07. The van der Waals surface area contributed by atoms with E-state index >= 15 is 0 Å². The number of aromatic nitrogens is 2. The molecule has 2 aromatic rings. The second-order valence-electron chi connectivity index (χ2n) is 3.63. The molecule has 7 heteroatoms. The summed E-state index contributed by atoms with van der Waals surface area (Å²) in [5.41, 5.74) is 6.48. The number of hydrogen-bond donors (Lipinski definition) is 2. The van der Waals surface area contributed by atoms with Crippen molar-refractivity contribution in [3.63, 3.8) is 0 Å². The molecule has 1 aromatic carbocycles. The lowest BCUT2D eigenvalue weighted by Crippen LogP contribution is -2.26. The Hall–Kier alpha value is -2.08. The molecule has 3 N–H and O–H groups in total. The Morgan fingerprint density at radius 3 is 2.94 bits per heavy atom. The molecule has 0 bridgehead atoms. The van der Waals surface area contributed by atoms with Crippen LogP contribution in [-0.2, 0) is 6.42 Å². The van der Waals surface area contributed by atoms with Gasteiger partial charge in [-0.05, 0) is 18.2 Å². The number of nitrogen functional groups attached to an aromatic ring is 1. The number of nitrogens with two attached hydrogens (primary N) is 1. The number of carbonyl (C=O) groups is 1. The van der Waals surface area contributed by atoms with E-state index < -0.39 is 0 Å². The molecule has 1 heterocycles. The van der Waals surface area contributed by atoms with Gasteiger partial charge in [0.15, 0.2) is 5.82 Å². The standard InChI is InChI=1S/C11H11ClN4O2/c12-8-3-7(4-9(13)5-8)11(17)14-2-1-10-15-6-18-16-10/h3-6H,1-2,13H2,(H,14,17). The van der Waals surface area contributed by atoms with Gasteiger partial charge in [0.05, 0.1) is 0 Å². The predicted molar refractivity (Wildman–Crippen MR) is 66.2 cm³/mol. The fourth-order valence-electron chi connectivity index (χ4n) is 1.44. The van der Waals surface area contributed by atoms with Crippen LogP contribution in [0, 0.1) is 0 Å². The highest BCUT2D eigenvalue weighted by Crippen LogP contribution is 2.16. The Morgan fingerprint density at radius 2 is 2.28 bits per heavy atom. The Balaban J connectivity index is 1.91. The molecule has 94 valence electrons. The summed E-state index contributed by atoms with van der Waals surface area (Å²) in [4.78, 5) is 15.6. The molecule has 0 saturated heterocycles. The topological polar surface area (TPSA) is 94.0 Å². The third-order valence-electron chi connectivity index (χ3n) is 2.22. The summed E-state index contributed by atoms with van der Waals surface area (Å²) in [5, 5.41) is 6.78. The first-order chi connectivity index (χ1) is 8.65. The lowest BCUT2D eigenvalue weighted by molar-refractivity contribution is 0.0954. The van der Waals surface area contributed by atoms with E-state index in [1.165, 1.54) is 6.39 Å². The zero-order valence-electron chi connectivity index (χ0n) is 9.39. The van der Waals surface area contributed by atoms with Gasteiger partial charge in [0.2, 0.25) is 6.39 Å². The molecule has 2 rings (SSSR count). The highest BCUT2D eigenvalue weighted by atomic mass is 35.5. The fraction of sp³-hybridized carbons (Fsp3) is 0.182. The molecule has 0 aliphatic rings. The van der Waals surface area contributed by atoms with Crippen LogP contribution in [0.2, 0.25) is 5.02 Å². The van der Waals surface area contributed by atoms with Gasteiger partial charge in [-0.2, -0.15) is 4.98 Å². The van der Waals surface area contributed by atoms with Gasteiger partial charge in [-0.25, -0.2) is 0 Å². The summed E-state index contributed by atoms with van der Waals surface area (Å²) < 4.78 is 4.58. The Kier molecular flexibility index (Phi) is 3.78. The summed E-state index contributed by atoms with van der Waals surface area (Å²) in [6, 6.07) is 4.70. The van der Waals surface area contributed by atoms with Crippen molar-refractivity contribution in [3.8, 4) is 0 Å². The zero-order chi connectivity index (χ0) is 13.0. The molecular weight excluding hydrogens is 256 g/mol. The molecule has 18 heavy (non-hydrogen) atoms. The molecule has 0 saturated carbocycles. The molecule has 0 aliphatic carbocycles. The van der Waals surface area contributed by atoms with Crippen molar-refractivity contribution in [2.75, 3.05) is 12.3 Å². The van der Waals surface area contributed by atoms with Crippen LogP contribution in [0.4, 0.5) is 5.69 Å². The van der Waals surface area contributed by atoms with Gasteiger partial charge in [0.25, 0.3) is 5.91 Å². The molecule has 1 aromatic heterocycles. The third-order valence-corrected chi connectivity index (χ3v) is 2.44. The first-order valence-electron chi connectivity index (χ1n) is 5.24. The molecule has 0 unspecified atom stereocenters. The van der Waals surface area contributed by atoms with Gasteiger partial charge in [0, 0.05) is 29.2 Å². The Morgan fingerprint density at radius 1 is 1.44 bits per heavy atom. The van der Waals surface area contributed by atoms with Crippen LogP contribution in [-0.4, -0.2) is 22.6 Å². The molecule has 0 spiro atoms. The van der Waals surface area contributed by atoms with E-state index in [0.717, 1.165) is 0 Å². The van der Waals surface area contributed by atoms with Crippen molar-refractivity contribution in [1.29, 1.82) is 0 Å². The molecule has 0 aliphatic heterocycles. The van der Waals surface area contributed by atoms with Crippen molar-refractivity contribution < 1.29 is 9.32 Å². The van der Waals surface area contributed by atoms with Gasteiger partial charge >= 0.3 is 0 Å². The van der Waals surface area contributed by atoms with Crippen molar-refractivity contribution in [1.82, 2.24) is 15.5 Å². The minimum Gasteiger partial charge on any atom is -0.399 e. The quantitative estimate of drug-likeness (QED) is 0.813. The Labute approximate surface area is 108 Å². The maximum atomic E-state index is 11.8. The van der Waals surface area contributed by atoms with E-state index in [1.807, 2.05) is 0 Å². The average Bonchev–Trinajstić information content (AvgIpc) is 2.80. The second kappa shape index (κ2) is 5.50. The third kappa shape index (κ3) is 3.21. The summed E-state index contributed by atoms with van der Waals surface area (Å²) in [6.07, 6.45) is 1.74. The molecule has 0 radical (unpaired) electrons. The van der Waals surface area contributed by atoms with E-state index in [2.05, 4.69) is 20.0 Å². The first kappa shape index (κ1) is 12.4. The SMILES string of the molecule is Nc1cc(Cl)cc(C(=O)NCCc2ncon2)c1. The largest absolute Gasteiger partial charge is 0.399 e. The van der Waals surface area contributed by atoms with Crippen LogP contribution in [0.5, 0.6) is 0 Å². The summed E-state index contributed by atoms with van der Waals surface area (Å²) >= 11 is 5.82. The highest BCUT2D eigenvalue weighted by molar-refractivity contribution is 6.31. The van der Waals surface area contributed by atoms with E-state index in [9.17, 15) is 4.79 Å². The molecular formula is C11H11ClN4O2. The van der Waals surface area contributed by atoms with Crippen molar-refractivity contribution in [2.45, 2.75) is 6.42 Å². The lowest BCUT2D eigenvalue weighted by atomic mass is 10.2. The number of nitrogens with zero attached hydrogens (tertiary/aromatic N) is 2. The minimum absolute atomic E-state index is 0.243. The number of nitrogens with one attached hydrogen (secondary N) is 1. The number of carbonyl (C=O) groups excluding carboxylic acids is 1. The van der Waals surface area contributed by atoms with E-state index in [0.29, 0.717) is 35.1 Å². The van der Waals surface area contributed by atoms with E-state index in [-0.39, 0.29) is 5.91 Å². The van der Waals surface area contributed by atoms with Crippen molar-refractivity contribution in [3.05, 3.63) is 41.0 Å². The lowest BCUT2D eigenvalue weighted by Gasteiger charge is -2.05. The van der Waals surface area contributed by atoms with Crippen LogP contribution in [0.15, 0.2) is 29.1 Å².